The second-order valence-electron chi connectivity index (χ2n) is 8.44. The average Bonchev–Trinajstić information content (AvgIpc) is 2.89. The van der Waals surface area contributed by atoms with Gasteiger partial charge < -0.3 is 4.74 Å². The van der Waals surface area contributed by atoms with Gasteiger partial charge in [-0.05, 0) is 23.8 Å². The van der Waals surface area contributed by atoms with Crippen LogP contribution in [0, 0.1) is 10.8 Å². The number of imide groups is 1. The zero-order valence-electron chi connectivity index (χ0n) is 15.3. The maximum absolute atomic E-state index is 12.3. The highest BCUT2D eigenvalue weighted by Gasteiger charge is 2.47. The molecule has 25 heavy (non-hydrogen) atoms. The topological polar surface area (TPSA) is 75.7 Å². The highest BCUT2D eigenvalue weighted by Crippen LogP contribution is 2.41. The molecule has 0 radical (unpaired) electrons. The summed E-state index contributed by atoms with van der Waals surface area (Å²) in [4.78, 5) is 37.1. The predicted octanol–water partition coefficient (Wildman–Crippen LogP) is 2.55. The summed E-state index contributed by atoms with van der Waals surface area (Å²) in [6.45, 7) is 8.96. The van der Waals surface area contributed by atoms with E-state index < -0.39 is 18.0 Å². The Hall–Kier alpha value is -2.11. The van der Waals surface area contributed by atoms with E-state index in [1.54, 1.807) is 0 Å². The van der Waals surface area contributed by atoms with Crippen LogP contribution in [0.3, 0.4) is 0 Å². The molecule has 2 heterocycles. The van der Waals surface area contributed by atoms with Crippen molar-refractivity contribution in [2.24, 2.45) is 10.8 Å². The minimum Gasteiger partial charge on any atom is -0.443 e. The van der Waals surface area contributed by atoms with Gasteiger partial charge in [-0.3, -0.25) is 19.8 Å². The van der Waals surface area contributed by atoms with E-state index in [0.717, 1.165) is 6.42 Å². The van der Waals surface area contributed by atoms with Crippen LogP contribution in [-0.4, -0.2) is 41.5 Å². The molecule has 1 N–H and O–H groups in total. The third-order valence-electron chi connectivity index (χ3n) is 5.43. The number of cyclic esters (lactones) is 1. The summed E-state index contributed by atoms with van der Waals surface area (Å²) in [5.41, 5.74) is 1.07. The molecule has 0 aromatic rings. The average molecular weight is 346 g/mol. The molecule has 3 atom stereocenters. The Bertz CT molecular complexity index is 673. The Labute approximate surface area is 148 Å². The van der Waals surface area contributed by atoms with Gasteiger partial charge in [0.1, 0.15) is 12.1 Å². The Morgan fingerprint density at radius 1 is 1.28 bits per heavy atom. The summed E-state index contributed by atoms with van der Waals surface area (Å²) < 4.78 is 5.61. The minimum atomic E-state index is -0.618. The van der Waals surface area contributed by atoms with Crippen LogP contribution < -0.4 is 5.32 Å². The fraction of sp³-hybridized carbons (Fsp3) is 0.632. The molecular weight excluding hydrogens is 320 g/mol. The van der Waals surface area contributed by atoms with Gasteiger partial charge in [-0.1, -0.05) is 45.9 Å². The molecule has 0 aromatic carbocycles. The summed E-state index contributed by atoms with van der Waals surface area (Å²) in [6.07, 6.45) is 7.07. The van der Waals surface area contributed by atoms with E-state index in [0.29, 0.717) is 13.0 Å². The van der Waals surface area contributed by atoms with E-state index in [4.69, 9.17) is 4.74 Å². The first-order chi connectivity index (χ1) is 11.6. The van der Waals surface area contributed by atoms with Crippen molar-refractivity contribution in [2.45, 2.75) is 59.1 Å². The van der Waals surface area contributed by atoms with Crippen molar-refractivity contribution in [2.75, 3.05) is 6.54 Å². The summed E-state index contributed by atoms with van der Waals surface area (Å²) in [5.74, 6) is -0.694. The maximum Gasteiger partial charge on any atom is 0.410 e. The number of rotatable bonds is 2. The van der Waals surface area contributed by atoms with Gasteiger partial charge in [0.15, 0.2) is 0 Å². The number of carbonyl (C=O) groups is 3. The van der Waals surface area contributed by atoms with Gasteiger partial charge in [-0.2, -0.15) is 0 Å². The zero-order valence-corrected chi connectivity index (χ0v) is 15.3. The van der Waals surface area contributed by atoms with E-state index in [1.807, 2.05) is 0 Å². The Kier molecular flexibility index (Phi) is 4.25. The van der Waals surface area contributed by atoms with Gasteiger partial charge in [-0.15, -0.1) is 0 Å². The van der Waals surface area contributed by atoms with Crippen molar-refractivity contribution >= 4 is 17.9 Å². The lowest BCUT2D eigenvalue weighted by atomic mass is 9.73. The molecule has 0 spiro atoms. The Balaban J connectivity index is 1.71. The van der Waals surface area contributed by atoms with Crippen molar-refractivity contribution in [3.63, 3.8) is 0 Å². The molecule has 0 bridgehead atoms. The summed E-state index contributed by atoms with van der Waals surface area (Å²) >= 11 is 0. The first-order valence-corrected chi connectivity index (χ1v) is 8.81. The number of hydrogen-bond donors (Lipinski definition) is 1. The zero-order chi connectivity index (χ0) is 18.4. The van der Waals surface area contributed by atoms with Crippen LogP contribution in [-0.2, 0) is 14.3 Å². The number of allylic oxidation sites excluding steroid dienone is 3. The first-order valence-electron chi connectivity index (χ1n) is 8.81. The molecule has 6 heteroatoms. The fourth-order valence-corrected chi connectivity index (χ4v) is 3.60. The predicted molar refractivity (Wildman–Crippen MR) is 92.5 cm³/mol. The summed E-state index contributed by atoms with van der Waals surface area (Å²) in [5, 5.41) is 2.30. The molecule has 3 amide bonds. The quantitative estimate of drug-likeness (QED) is 0.780. The van der Waals surface area contributed by atoms with Gasteiger partial charge in [0.05, 0.1) is 6.54 Å². The summed E-state index contributed by atoms with van der Waals surface area (Å²) in [6, 6.07) is -0.618. The fourth-order valence-electron chi connectivity index (χ4n) is 3.60. The third-order valence-corrected chi connectivity index (χ3v) is 5.43. The monoisotopic (exact) mass is 346 g/mol. The number of hydrogen-bond acceptors (Lipinski definition) is 4. The molecule has 2 unspecified atom stereocenters. The van der Waals surface area contributed by atoms with Crippen molar-refractivity contribution in [1.82, 2.24) is 10.2 Å². The molecule has 0 aromatic heterocycles. The van der Waals surface area contributed by atoms with E-state index >= 15 is 0 Å². The lowest BCUT2D eigenvalue weighted by Gasteiger charge is -2.35. The van der Waals surface area contributed by atoms with Crippen LogP contribution in [0.1, 0.15) is 47.0 Å². The van der Waals surface area contributed by atoms with Gasteiger partial charge >= 0.3 is 6.09 Å². The molecule has 0 saturated carbocycles. The molecule has 2 saturated heterocycles. The number of piperidine rings is 1. The number of nitrogens with zero attached hydrogens (tertiary/aromatic N) is 1. The second kappa shape index (κ2) is 6.00. The lowest BCUT2D eigenvalue weighted by molar-refractivity contribution is -0.136. The molecule has 2 aliphatic heterocycles. The third kappa shape index (κ3) is 3.34. The smallest absolute Gasteiger partial charge is 0.410 e. The Morgan fingerprint density at radius 2 is 2.00 bits per heavy atom. The van der Waals surface area contributed by atoms with Gasteiger partial charge in [0, 0.05) is 11.8 Å². The number of carbonyl (C=O) groups excluding carboxylic acids is 3. The Morgan fingerprint density at radius 3 is 2.56 bits per heavy atom. The van der Waals surface area contributed by atoms with E-state index in [2.05, 4.69) is 51.2 Å². The van der Waals surface area contributed by atoms with Gasteiger partial charge in [0.2, 0.25) is 11.8 Å². The molecule has 1 aliphatic carbocycles. The highest BCUT2D eigenvalue weighted by atomic mass is 16.6. The molecule has 6 nitrogen and oxygen atoms in total. The number of nitrogens with one attached hydrogen (secondary N) is 1. The van der Waals surface area contributed by atoms with Gasteiger partial charge in [-0.25, -0.2) is 4.79 Å². The lowest BCUT2D eigenvalue weighted by Crippen LogP contribution is -2.53. The largest absolute Gasteiger partial charge is 0.443 e. The van der Waals surface area contributed by atoms with Crippen LogP contribution in [0.25, 0.3) is 0 Å². The molecule has 3 rings (SSSR count). The van der Waals surface area contributed by atoms with E-state index in [1.165, 1.54) is 10.5 Å². The van der Waals surface area contributed by atoms with Crippen LogP contribution >= 0.6 is 0 Å². The minimum absolute atomic E-state index is 0.0863. The van der Waals surface area contributed by atoms with Crippen LogP contribution in [0.2, 0.25) is 0 Å². The van der Waals surface area contributed by atoms with Crippen LogP contribution in [0.15, 0.2) is 23.8 Å². The maximum atomic E-state index is 12.3. The van der Waals surface area contributed by atoms with Crippen molar-refractivity contribution < 1.29 is 19.1 Å². The first kappa shape index (κ1) is 17.7. The second-order valence-corrected chi connectivity index (χ2v) is 8.44. The van der Waals surface area contributed by atoms with Gasteiger partial charge in [0.25, 0.3) is 0 Å². The number of ether oxygens (including phenoxy) is 1. The molecular formula is C19H26N2O4. The van der Waals surface area contributed by atoms with Crippen molar-refractivity contribution in [1.29, 1.82) is 0 Å². The summed E-state index contributed by atoms with van der Waals surface area (Å²) in [7, 11) is 0. The van der Waals surface area contributed by atoms with Crippen molar-refractivity contribution in [3.05, 3.63) is 23.8 Å². The van der Waals surface area contributed by atoms with E-state index in [9.17, 15) is 14.4 Å². The van der Waals surface area contributed by atoms with E-state index in [-0.39, 0.29) is 29.3 Å². The van der Waals surface area contributed by atoms with Crippen molar-refractivity contribution in [3.8, 4) is 0 Å². The SMILES string of the molecule is CC(C)(C)C1=CCC(C)([C@H]2CN(C3CCC(=O)NC3=O)C(=O)O2)C=C1. The van der Waals surface area contributed by atoms with Crippen LogP contribution in [0.5, 0.6) is 0 Å². The molecule has 136 valence electrons. The highest BCUT2D eigenvalue weighted by molar-refractivity contribution is 6.01. The van der Waals surface area contributed by atoms with Crippen LogP contribution in [0.4, 0.5) is 4.79 Å². The molecule has 2 fully saturated rings. The standard InChI is InChI=1S/C19H26N2O4/c1-18(2,3)12-7-9-19(4,10-8-12)14-11-21(17(24)25-14)13-5-6-15(22)20-16(13)23/h7-9,13-14H,5-6,10-11H2,1-4H3,(H,20,22,23)/t13?,14-,19?/m1/s1. The number of amides is 3. The normalized spacial score (nSPS) is 33.2. The molecule has 3 aliphatic rings.